The molecule has 1 amide bonds. The van der Waals surface area contributed by atoms with E-state index < -0.39 is 27.9 Å². The van der Waals surface area contributed by atoms with Crippen molar-refractivity contribution in [1.82, 2.24) is 19.3 Å². The number of alkyl halides is 3. The van der Waals surface area contributed by atoms with Gasteiger partial charge in [0.1, 0.15) is 11.6 Å². The number of sulfone groups is 1. The summed E-state index contributed by atoms with van der Waals surface area (Å²) < 4.78 is 71.0. The van der Waals surface area contributed by atoms with Crippen LogP contribution in [0.1, 0.15) is 41.7 Å². The molecule has 1 saturated carbocycles. The van der Waals surface area contributed by atoms with Gasteiger partial charge in [-0.3, -0.25) is 14.4 Å². The molecule has 1 aliphatic carbocycles. The lowest BCUT2D eigenvalue weighted by atomic mass is 10.1. The number of halogens is 3. The number of amides is 1. The van der Waals surface area contributed by atoms with Crippen LogP contribution in [0.3, 0.4) is 0 Å². The fourth-order valence-corrected chi connectivity index (χ4v) is 5.24. The Kier molecular flexibility index (Phi) is 5.01. The Morgan fingerprint density at radius 3 is 2.62 bits per heavy atom. The third kappa shape index (κ3) is 3.83. The summed E-state index contributed by atoms with van der Waals surface area (Å²) in [5, 5.41) is 4.19. The van der Waals surface area contributed by atoms with Gasteiger partial charge in [0.15, 0.2) is 20.7 Å². The lowest BCUT2D eigenvalue weighted by Crippen LogP contribution is -2.26. The van der Waals surface area contributed by atoms with Gasteiger partial charge < -0.3 is 9.30 Å². The maximum Gasteiger partial charge on any atom is 0.573 e. The number of fused-ring (bicyclic) bond motifs is 1. The number of ether oxygens (including phenoxy) is 1. The van der Waals surface area contributed by atoms with Gasteiger partial charge in [0, 0.05) is 18.8 Å². The molecule has 0 atom stereocenters. The first-order valence-electron chi connectivity index (χ1n) is 10.5. The first-order chi connectivity index (χ1) is 16.0. The highest BCUT2D eigenvalue weighted by Crippen LogP contribution is 2.39. The van der Waals surface area contributed by atoms with Crippen molar-refractivity contribution in [2.75, 3.05) is 10.7 Å². The zero-order chi connectivity index (χ0) is 24.4. The van der Waals surface area contributed by atoms with E-state index in [1.165, 1.54) is 22.5 Å². The standard InChI is InChI=1S/C21H20F3N5O4S/c1-3-34(31,32)20-18(26-17(27(20)2)13-9-25-29(11-13)14-5-6-14)28-10-12-4-7-15(33-21(22,23)24)8-16(12)19(28)30/h4,7-9,11,14H,3,5-6,10H2,1-2H3. The normalized spacial score (nSPS) is 16.3. The first kappa shape index (κ1) is 22.4. The molecule has 2 aromatic heterocycles. The third-order valence-corrected chi connectivity index (χ3v) is 7.66. The van der Waals surface area contributed by atoms with Crippen LogP contribution in [-0.2, 0) is 23.4 Å². The van der Waals surface area contributed by atoms with Crippen LogP contribution in [0.15, 0.2) is 35.6 Å². The van der Waals surface area contributed by atoms with Crippen molar-refractivity contribution in [2.24, 2.45) is 7.05 Å². The van der Waals surface area contributed by atoms with Gasteiger partial charge in [-0.1, -0.05) is 13.0 Å². The lowest BCUT2D eigenvalue weighted by Gasteiger charge is -2.15. The number of anilines is 1. The van der Waals surface area contributed by atoms with Crippen LogP contribution >= 0.6 is 0 Å². The molecule has 3 heterocycles. The number of aromatic nitrogens is 4. The zero-order valence-corrected chi connectivity index (χ0v) is 19.0. The monoisotopic (exact) mass is 495 g/mol. The van der Waals surface area contributed by atoms with Crippen molar-refractivity contribution >= 4 is 21.6 Å². The zero-order valence-electron chi connectivity index (χ0n) is 18.2. The van der Waals surface area contributed by atoms with Crippen LogP contribution in [0, 0.1) is 0 Å². The van der Waals surface area contributed by atoms with Gasteiger partial charge in [-0.2, -0.15) is 5.10 Å². The van der Waals surface area contributed by atoms with Crippen molar-refractivity contribution in [2.45, 2.75) is 43.7 Å². The van der Waals surface area contributed by atoms with Crippen molar-refractivity contribution in [3.63, 3.8) is 0 Å². The van der Waals surface area contributed by atoms with E-state index in [1.54, 1.807) is 24.1 Å². The second kappa shape index (κ2) is 7.58. The Morgan fingerprint density at radius 1 is 1.24 bits per heavy atom. The molecular weight excluding hydrogens is 475 g/mol. The number of hydrogen-bond acceptors (Lipinski definition) is 6. The highest BCUT2D eigenvalue weighted by atomic mass is 32.2. The van der Waals surface area contributed by atoms with E-state index in [0.29, 0.717) is 23.0 Å². The van der Waals surface area contributed by atoms with E-state index in [2.05, 4.69) is 14.8 Å². The molecule has 1 fully saturated rings. The van der Waals surface area contributed by atoms with E-state index in [-0.39, 0.29) is 28.7 Å². The molecule has 5 rings (SSSR count). The molecule has 9 nitrogen and oxygen atoms in total. The Hall–Kier alpha value is -3.35. The van der Waals surface area contributed by atoms with Crippen LogP contribution in [0.25, 0.3) is 11.4 Å². The highest BCUT2D eigenvalue weighted by molar-refractivity contribution is 7.91. The summed E-state index contributed by atoms with van der Waals surface area (Å²) in [6.07, 6.45) is 0.506. The third-order valence-electron chi connectivity index (χ3n) is 5.86. The van der Waals surface area contributed by atoms with E-state index >= 15 is 0 Å². The van der Waals surface area contributed by atoms with E-state index in [4.69, 9.17) is 0 Å². The summed E-state index contributed by atoms with van der Waals surface area (Å²) >= 11 is 0. The maximum absolute atomic E-state index is 13.2. The summed E-state index contributed by atoms with van der Waals surface area (Å²) in [5.74, 6) is -1.17. The second-order valence-electron chi connectivity index (χ2n) is 8.22. The molecule has 1 aliphatic heterocycles. The predicted molar refractivity (Wildman–Crippen MR) is 114 cm³/mol. The number of carbonyl (C=O) groups is 1. The van der Waals surface area contributed by atoms with Crippen molar-refractivity contribution in [1.29, 1.82) is 0 Å². The summed E-state index contributed by atoms with van der Waals surface area (Å²) in [5.41, 5.74) is 1.03. The van der Waals surface area contributed by atoms with E-state index in [0.717, 1.165) is 25.0 Å². The Labute approximate surface area is 192 Å². The highest BCUT2D eigenvalue weighted by Gasteiger charge is 2.38. The molecule has 0 bridgehead atoms. The van der Waals surface area contributed by atoms with Gasteiger partial charge in [0.2, 0.25) is 0 Å². The molecule has 180 valence electrons. The number of carbonyl (C=O) groups excluding carboxylic acids is 1. The minimum atomic E-state index is -4.90. The molecular formula is C21H20F3N5O4S. The molecule has 0 N–H and O–H groups in total. The molecule has 0 unspecified atom stereocenters. The lowest BCUT2D eigenvalue weighted by molar-refractivity contribution is -0.274. The van der Waals surface area contributed by atoms with Gasteiger partial charge in [-0.15, -0.1) is 13.2 Å². The number of benzene rings is 1. The minimum absolute atomic E-state index is 0.00430. The van der Waals surface area contributed by atoms with Gasteiger partial charge >= 0.3 is 6.36 Å². The second-order valence-corrected chi connectivity index (χ2v) is 10.4. The maximum atomic E-state index is 13.2. The van der Waals surface area contributed by atoms with Gasteiger partial charge in [-0.25, -0.2) is 13.4 Å². The summed E-state index contributed by atoms with van der Waals surface area (Å²) in [6, 6.07) is 3.78. The van der Waals surface area contributed by atoms with Crippen LogP contribution in [0.2, 0.25) is 0 Å². The molecule has 2 aliphatic rings. The van der Waals surface area contributed by atoms with Crippen LogP contribution in [-0.4, -0.2) is 45.8 Å². The fourth-order valence-electron chi connectivity index (χ4n) is 4.03. The topological polar surface area (TPSA) is 99.3 Å². The molecule has 3 aromatic rings. The molecule has 34 heavy (non-hydrogen) atoms. The number of hydrogen-bond donors (Lipinski definition) is 0. The molecule has 13 heteroatoms. The number of rotatable bonds is 6. The number of imidazole rings is 1. The van der Waals surface area contributed by atoms with Crippen molar-refractivity contribution in [3.8, 4) is 17.1 Å². The van der Waals surface area contributed by atoms with Crippen LogP contribution in [0.5, 0.6) is 5.75 Å². The van der Waals surface area contributed by atoms with E-state index in [9.17, 15) is 26.4 Å². The minimum Gasteiger partial charge on any atom is -0.406 e. The Bertz CT molecular complexity index is 1410. The number of nitrogens with zero attached hydrogens (tertiary/aromatic N) is 5. The molecule has 0 saturated heterocycles. The summed E-state index contributed by atoms with van der Waals surface area (Å²) in [7, 11) is -2.27. The summed E-state index contributed by atoms with van der Waals surface area (Å²) in [6.45, 7) is 1.45. The van der Waals surface area contributed by atoms with E-state index in [1.807, 2.05) is 0 Å². The van der Waals surface area contributed by atoms with Crippen LogP contribution < -0.4 is 9.64 Å². The molecule has 1 aromatic carbocycles. The quantitative estimate of drug-likeness (QED) is 0.519. The Balaban J connectivity index is 1.57. The first-order valence-corrected chi connectivity index (χ1v) is 12.2. The van der Waals surface area contributed by atoms with Crippen molar-refractivity contribution in [3.05, 3.63) is 41.7 Å². The van der Waals surface area contributed by atoms with Gasteiger partial charge in [0.25, 0.3) is 5.91 Å². The van der Waals surface area contributed by atoms with Gasteiger partial charge in [-0.05, 0) is 30.5 Å². The summed E-state index contributed by atoms with van der Waals surface area (Å²) in [4.78, 5) is 18.8. The Morgan fingerprint density at radius 2 is 1.97 bits per heavy atom. The average molecular weight is 495 g/mol. The fraction of sp³-hybridized carbons (Fsp3) is 0.381. The SMILES string of the molecule is CCS(=O)(=O)c1c(N2Cc3ccc(OC(F)(F)F)cc3C2=O)nc(-c2cnn(C3CC3)c2)n1C. The smallest absolute Gasteiger partial charge is 0.406 e. The predicted octanol–water partition coefficient (Wildman–Crippen LogP) is 3.47. The van der Waals surface area contributed by atoms with Gasteiger partial charge in [0.05, 0.1) is 30.1 Å². The largest absolute Gasteiger partial charge is 0.573 e. The molecule has 0 spiro atoms. The average Bonchev–Trinajstić information content (AvgIpc) is 3.26. The van der Waals surface area contributed by atoms with Crippen molar-refractivity contribution < 1.29 is 31.1 Å². The van der Waals surface area contributed by atoms with Crippen LogP contribution in [0.4, 0.5) is 19.0 Å². The molecule has 0 radical (unpaired) electrons.